The largest absolute Gasteiger partial charge is 0.379 e. The normalized spacial score (nSPS) is 19.4. The number of aromatic amines is 1. The molecule has 1 aliphatic heterocycles. The van der Waals surface area contributed by atoms with Crippen LogP contribution in [0.15, 0.2) is 22.7 Å². The lowest BCUT2D eigenvalue weighted by atomic mass is 9.97. The molecule has 0 unspecified atom stereocenters. The summed E-state index contributed by atoms with van der Waals surface area (Å²) in [5.41, 5.74) is 6.52. The maximum Gasteiger partial charge on any atom is 0.224 e. The maximum atomic E-state index is 12.8. The number of aromatic nitrogens is 2. The molecule has 2 atom stereocenters. The second-order valence-electron chi connectivity index (χ2n) is 7.96. The van der Waals surface area contributed by atoms with Crippen molar-refractivity contribution in [2.75, 3.05) is 13.2 Å². The zero-order valence-corrected chi connectivity index (χ0v) is 16.9. The fourth-order valence-electron chi connectivity index (χ4n) is 4.18. The summed E-state index contributed by atoms with van der Waals surface area (Å²) in [6.07, 6.45) is 1.08. The summed E-state index contributed by atoms with van der Waals surface area (Å²) in [5.74, 6) is 1.06. The van der Waals surface area contributed by atoms with Gasteiger partial charge in [-0.05, 0) is 44.4 Å². The number of carbonyl (C=O) groups is 1. The molecule has 1 fully saturated rings. The van der Waals surface area contributed by atoms with E-state index in [-0.39, 0.29) is 17.9 Å². The number of nitrogens with zero attached hydrogens (tertiary/aromatic N) is 1. The Labute approximate surface area is 164 Å². The lowest BCUT2D eigenvalue weighted by Crippen LogP contribution is -2.41. The molecule has 0 radical (unpaired) electrons. The van der Waals surface area contributed by atoms with Crippen LogP contribution in [0, 0.1) is 33.6 Å². The van der Waals surface area contributed by atoms with E-state index in [1.807, 2.05) is 19.9 Å². The van der Waals surface area contributed by atoms with E-state index in [4.69, 9.17) is 9.26 Å². The van der Waals surface area contributed by atoms with Gasteiger partial charge in [-0.15, -0.1) is 0 Å². The van der Waals surface area contributed by atoms with Gasteiger partial charge in [0.05, 0.1) is 31.4 Å². The average molecular weight is 381 g/mol. The van der Waals surface area contributed by atoms with Crippen LogP contribution in [0.1, 0.15) is 33.8 Å². The number of benzene rings is 1. The Bertz CT molecular complexity index is 1020. The molecular weight excluding hydrogens is 354 g/mol. The predicted molar refractivity (Wildman–Crippen MR) is 107 cm³/mol. The summed E-state index contributed by atoms with van der Waals surface area (Å²) >= 11 is 0. The third-order valence-electron chi connectivity index (χ3n) is 5.71. The van der Waals surface area contributed by atoms with Crippen LogP contribution in [-0.4, -0.2) is 35.3 Å². The van der Waals surface area contributed by atoms with Crippen molar-refractivity contribution in [2.24, 2.45) is 5.92 Å². The number of amides is 1. The molecule has 2 aromatic heterocycles. The number of ether oxygens (including phenoxy) is 1. The number of carbonyl (C=O) groups excluding carboxylic acids is 1. The van der Waals surface area contributed by atoms with E-state index in [0.29, 0.717) is 19.6 Å². The highest BCUT2D eigenvalue weighted by Gasteiger charge is 2.31. The molecule has 1 amide bonds. The van der Waals surface area contributed by atoms with Crippen molar-refractivity contribution in [3.05, 3.63) is 52.0 Å². The van der Waals surface area contributed by atoms with E-state index in [9.17, 15) is 4.79 Å². The number of H-pyrrole nitrogens is 1. The van der Waals surface area contributed by atoms with Crippen LogP contribution in [0.5, 0.6) is 0 Å². The van der Waals surface area contributed by atoms with Crippen LogP contribution >= 0.6 is 0 Å². The molecular formula is C22H27N3O3. The van der Waals surface area contributed by atoms with Gasteiger partial charge in [0.25, 0.3) is 0 Å². The molecule has 1 aromatic carbocycles. The highest BCUT2D eigenvalue weighted by molar-refractivity contribution is 5.93. The number of hydrogen-bond acceptors (Lipinski definition) is 4. The van der Waals surface area contributed by atoms with Gasteiger partial charge in [0.15, 0.2) is 0 Å². The zero-order valence-electron chi connectivity index (χ0n) is 16.9. The first-order valence-electron chi connectivity index (χ1n) is 9.79. The third-order valence-corrected chi connectivity index (χ3v) is 5.71. The van der Waals surface area contributed by atoms with Crippen molar-refractivity contribution >= 4 is 16.8 Å². The van der Waals surface area contributed by atoms with E-state index in [0.717, 1.165) is 34.6 Å². The minimum Gasteiger partial charge on any atom is -0.379 e. The van der Waals surface area contributed by atoms with E-state index >= 15 is 0 Å². The zero-order chi connectivity index (χ0) is 19.8. The molecule has 6 nitrogen and oxygen atoms in total. The second-order valence-corrected chi connectivity index (χ2v) is 7.96. The van der Waals surface area contributed by atoms with Crippen molar-refractivity contribution in [3.8, 4) is 0 Å². The molecule has 0 bridgehead atoms. The van der Waals surface area contributed by atoms with E-state index in [2.05, 4.69) is 41.4 Å². The highest BCUT2D eigenvalue weighted by atomic mass is 16.5. The van der Waals surface area contributed by atoms with Crippen LogP contribution in [0.2, 0.25) is 0 Å². The molecule has 0 spiro atoms. The fourth-order valence-corrected chi connectivity index (χ4v) is 4.18. The smallest absolute Gasteiger partial charge is 0.224 e. The van der Waals surface area contributed by atoms with Crippen LogP contribution in [-0.2, 0) is 22.4 Å². The van der Waals surface area contributed by atoms with Gasteiger partial charge >= 0.3 is 0 Å². The fraction of sp³-hybridized carbons (Fsp3) is 0.455. The van der Waals surface area contributed by atoms with Gasteiger partial charge in [-0.1, -0.05) is 17.3 Å². The SMILES string of the molecule is Cc1cc(C[C@H]2COC[C@H]2NC(=O)Cc2c(C)[nH]c3c(C)ccc(C)c23)on1. The average Bonchev–Trinajstić information content (AvgIpc) is 3.33. The molecule has 3 aromatic rings. The van der Waals surface area contributed by atoms with Gasteiger partial charge in [-0.2, -0.15) is 0 Å². The summed E-state index contributed by atoms with van der Waals surface area (Å²) in [6.45, 7) is 9.29. The van der Waals surface area contributed by atoms with Gasteiger partial charge in [-0.3, -0.25) is 4.79 Å². The first-order valence-corrected chi connectivity index (χ1v) is 9.79. The van der Waals surface area contributed by atoms with E-state index in [1.54, 1.807) is 0 Å². The molecule has 3 heterocycles. The summed E-state index contributed by atoms with van der Waals surface area (Å²) in [5, 5.41) is 8.29. The second kappa shape index (κ2) is 7.43. The van der Waals surface area contributed by atoms with Crippen molar-refractivity contribution in [3.63, 3.8) is 0 Å². The Morgan fingerprint density at radius 3 is 2.75 bits per heavy atom. The van der Waals surface area contributed by atoms with Crippen molar-refractivity contribution in [1.29, 1.82) is 0 Å². The predicted octanol–water partition coefficient (Wildman–Crippen LogP) is 3.31. The van der Waals surface area contributed by atoms with Crippen LogP contribution in [0.25, 0.3) is 10.9 Å². The Kier molecular flexibility index (Phi) is 4.98. The molecule has 28 heavy (non-hydrogen) atoms. The number of rotatable bonds is 5. The lowest BCUT2D eigenvalue weighted by Gasteiger charge is -2.18. The van der Waals surface area contributed by atoms with Gasteiger partial charge in [0, 0.05) is 35.0 Å². The van der Waals surface area contributed by atoms with Gasteiger partial charge in [-0.25, -0.2) is 0 Å². The Hall–Kier alpha value is -2.60. The molecule has 1 saturated heterocycles. The number of nitrogens with one attached hydrogen (secondary N) is 2. The van der Waals surface area contributed by atoms with E-state index < -0.39 is 0 Å². The minimum atomic E-state index is -0.00810. The number of aryl methyl sites for hydroxylation is 4. The van der Waals surface area contributed by atoms with E-state index in [1.165, 1.54) is 16.5 Å². The van der Waals surface area contributed by atoms with Gasteiger partial charge in [0.2, 0.25) is 5.91 Å². The first-order chi connectivity index (χ1) is 13.4. The molecule has 0 aliphatic carbocycles. The van der Waals surface area contributed by atoms with Crippen molar-refractivity contribution in [2.45, 2.75) is 46.6 Å². The molecule has 0 saturated carbocycles. The van der Waals surface area contributed by atoms with Crippen molar-refractivity contribution < 1.29 is 14.1 Å². The number of fused-ring (bicyclic) bond motifs is 1. The highest BCUT2D eigenvalue weighted by Crippen LogP contribution is 2.28. The summed E-state index contributed by atoms with van der Waals surface area (Å²) in [6, 6.07) is 6.17. The van der Waals surface area contributed by atoms with Crippen LogP contribution in [0.4, 0.5) is 0 Å². The molecule has 4 rings (SSSR count). The number of hydrogen-bond donors (Lipinski definition) is 2. The topological polar surface area (TPSA) is 80.1 Å². The van der Waals surface area contributed by atoms with Crippen LogP contribution in [0.3, 0.4) is 0 Å². The van der Waals surface area contributed by atoms with Crippen LogP contribution < -0.4 is 5.32 Å². The Morgan fingerprint density at radius 2 is 2.00 bits per heavy atom. The first kappa shape index (κ1) is 18.7. The lowest BCUT2D eigenvalue weighted by molar-refractivity contribution is -0.121. The van der Waals surface area contributed by atoms with Crippen molar-refractivity contribution in [1.82, 2.24) is 15.5 Å². The summed E-state index contributed by atoms with van der Waals surface area (Å²) in [7, 11) is 0. The summed E-state index contributed by atoms with van der Waals surface area (Å²) < 4.78 is 11.0. The summed E-state index contributed by atoms with van der Waals surface area (Å²) in [4.78, 5) is 16.3. The monoisotopic (exact) mass is 381 g/mol. The quantitative estimate of drug-likeness (QED) is 0.711. The third kappa shape index (κ3) is 3.56. The van der Waals surface area contributed by atoms with Gasteiger partial charge < -0.3 is 19.6 Å². The Balaban J connectivity index is 1.48. The molecule has 148 valence electrons. The maximum absolute atomic E-state index is 12.8. The minimum absolute atomic E-state index is 0.00810. The molecule has 2 N–H and O–H groups in total. The Morgan fingerprint density at radius 1 is 1.21 bits per heavy atom. The standard InChI is InChI=1S/C22H27N3O3/c1-12-5-6-13(2)22-21(12)18(15(4)23-22)9-20(26)24-19-11-27-10-16(19)8-17-7-14(3)25-28-17/h5-7,16,19,23H,8-11H2,1-4H3,(H,24,26)/t16-,19+/m0/s1. The van der Waals surface area contributed by atoms with Gasteiger partial charge in [0.1, 0.15) is 5.76 Å². The molecule has 1 aliphatic rings. The molecule has 6 heteroatoms.